The zero-order valence-electron chi connectivity index (χ0n) is 16.5. The van der Waals surface area contributed by atoms with Crippen molar-refractivity contribution in [3.05, 3.63) is 59.8 Å². The van der Waals surface area contributed by atoms with E-state index in [0.29, 0.717) is 36.3 Å². The Bertz CT molecular complexity index is 1170. The molecule has 4 aromatic rings. The lowest BCUT2D eigenvalue weighted by atomic mass is 10.1. The lowest BCUT2D eigenvalue weighted by Crippen LogP contribution is -2.22. The fourth-order valence-corrected chi connectivity index (χ4v) is 3.46. The molecular formula is C21H19N5O4. The Morgan fingerprint density at radius 3 is 2.67 bits per heavy atom. The van der Waals surface area contributed by atoms with Crippen LogP contribution in [-0.2, 0) is 17.9 Å². The Labute approximate surface area is 172 Å². The van der Waals surface area contributed by atoms with Crippen LogP contribution in [0.4, 0.5) is 0 Å². The highest BCUT2D eigenvalue weighted by Crippen LogP contribution is 2.33. The van der Waals surface area contributed by atoms with Crippen LogP contribution in [0.3, 0.4) is 0 Å². The van der Waals surface area contributed by atoms with Crippen molar-refractivity contribution in [3.8, 4) is 34.5 Å². The van der Waals surface area contributed by atoms with Gasteiger partial charge >= 0.3 is 0 Å². The predicted octanol–water partition coefficient (Wildman–Crippen LogP) is 3.28. The van der Waals surface area contributed by atoms with E-state index in [1.54, 1.807) is 14.2 Å². The molecule has 3 heterocycles. The number of rotatable bonds is 5. The van der Waals surface area contributed by atoms with Gasteiger partial charge in [0, 0.05) is 0 Å². The number of ether oxygens (including phenoxy) is 3. The lowest BCUT2D eigenvalue weighted by Gasteiger charge is -2.24. The number of aromatic nitrogens is 5. The van der Waals surface area contributed by atoms with Crippen LogP contribution in [0.15, 0.2) is 53.1 Å². The van der Waals surface area contributed by atoms with Crippen molar-refractivity contribution in [2.24, 2.45) is 0 Å². The number of fused-ring (bicyclic) bond motifs is 1. The molecule has 1 aliphatic rings. The molecule has 0 aliphatic carbocycles. The molecule has 9 nitrogen and oxygen atoms in total. The molecule has 0 saturated heterocycles. The second-order valence-electron chi connectivity index (χ2n) is 6.76. The summed E-state index contributed by atoms with van der Waals surface area (Å²) in [6.45, 7) is 0.883. The molecule has 0 N–H and O–H groups in total. The normalized spacial score (nSPS) is 15.6. The van der Waals surface area contributed by atoms with E-state index >= 15 is 0 Å². The standard InChI is InChI=1S/C21H19N5O4/c1-27-14-9-7-13(8-10-14)18-11-26-16(12-29-18)19(23-25-26)21-22-20(24-30-21)15-5-3-4-6-17(15)28-2/h3-10,18H,11-12H2,1-2H3. The van der Waals surface area contributed by atoms with Gasteiger partial charge in [0.15, 0.2) is 5.69 Å². The third-order valence-electron chi connectivity index (χ3n) is 5.06. The third-order valence-corrected chi connectivity index (χ3v) is 5.06. The smallest absolute Gasteiger partial charge is 0.280 e. The monoisotopic (exact) mass is 405 g/mol. The zero-order valence-corrected chi connectivity index (χ0v) is 16.5. The first-order chi connectivity index (χ1) is 14.8. The Balaban J connectivity index is 1.40. The molecule has 1 unspecified atom stereocenters. The summed E-state index contributed by atoms with van der Waals surface area (Å²) in [6, 6.07) is 15.3. The maximum absolute atomic E-state index is 6.06. The van der Waals surface area contributed by atoms with Crippen molar-refractivity contribution in [2.45, 2.75) is 19.3 Å². The highest BCUT2D eigenvalue weighted by molar-refractivity contribution is 5.65. The maximum atomic E-state index is 6.06. The van der Waals surface area contributed by atoms with Gasteiger partial charge in [-0.05, 0) is 29.8 Å². The summed E-state index contributed by atoms with van der Waals surface area (Å²) in [7, 11) is 3.25. The van der Waals surface area contributed by atoms with Crippen LogP contribution in [0, 0.1) is 0 Å². The van der Waals surface area contributed by atoms with Gasteiger partial charge in [0.25, 0.3) is 5.89 Å². The largest absolute Gasteiger partial charge is 0.497 e. The van der Waals surface area contributed by atoms with Gasteiger partial charge in [-0.3, -0.25) is 0 Å². The molecule has 0 spiro atoms. The van der Waals surface area contributed by atoms with Crippen molar-refractivity contribution < 1.29 is 18.7 Å². The number of hydrogen-bond donors (Lipinski definition) is 0. The van der Waals surface area contributed by atoms with Gasteiger partial charge in [-0.15, -0.1) is 5.10 Å². The van der Waals surface area contributed by atoms with Gasteiger partial charge in [0.1, 0.15) is 17.6 Å². The van der Waals surface area contributed by atoms with Crippen LogP contribution in [0.2, 0.25) is 0 Å². The van der Waals surface area contributed by atoms with Crippen molar-refractivity contribution in [2.75, 3.05) is 14.2 Å². The number of nitrogens with zero attached hydrogens (tertiary/aromatic N) is 5. The molecule has 0 fully saturated rings. The second kappa shape index (κ2) is 7.60. The first-order valence-corrected chi connectivity index (χ1v) is 9.42. The summed E-state index contributed by atoms with van der Waals surface area (Å²) in [5, 5.41) is 12.6. The highest BCUT2D eigenvalue weighted by Gasteiger charge is 2.28. The fraction of sp³-hybridized carbons (Fsp3) is 0.238. The molecule has 0 saturated carbocycles. The zero-order chi connectivity index (χ0) is 20.5. The van der Waals surface area contributed by atoms with Gasteiger partial charge in [-0.25, -0.2) is 4.68 Å². The summed E-state index contributed by atoms with van der Waals surface area (Å²) < 4.78 is 23.9. The number of methoxy groups -OCH3 is 2. The van der Waals surface area contributed by atoms with Crippen LogP contribution in [0.1, 0.15) is 17.4 Å². The lowest BCUT2D eigenvalue weighted by molar-refractivity contribution is -0.00119. The average molecular weight is 405 g/mol. The first kappa shape index (κ1) is 18.3. The maximum Gasteiger partial charge on any atom is 0.280 e. The molecule has 30 heavy (non-hydrogen) atoms. The summed E-state index contributed by atoms with van der Waals surface area (Å²) in [4.78, 5) is 4.49. The van der Waals surface area contributed by atoms with Gasteiger partial charge in [-0.2, -0.15) is 4.98 Å². The minimum Gasteiger partial charge on any atom is -0.497 e. The predicted molar refractivity (Wildman–Crippen MR) is 106 cm³/mol. The van der Waals surface area contributed by atoms with E-state index in [9.17, 15) is 0 Å². The summed E-state index contributed by atoms with van der Waals surface area (Å²) in [5.41, 5.74) is 3.12. The van der Waals surface area contributed by atoms with Gasteiger partial charge in [0.05, 0.1) is 38.6 Å². The number of hydrogen-bond acceptors (Lipinski definition) is 8. The van der Waals surface area contributed by atoms with Crippen LogP contribution >= 0.6 is 0 Å². The SMILES string of the molecule is COc1ccc(C2Cn3nnc(-c4nc(-c5ccccc5OC)no4)c3CO2)cc1. The Hall–Kier alpha value is -3.72. The molecule has 2 aromatic carbocycles. The topological polar surface area (TPSA) is 97.3 Å². The number of para-hydroxylation sites is 1. The van der Waals surface area contributed by atoms with E-state index in [2.05, 4.69) is 20.5 Å². The van der Waals surface area contributed by atoms with Crippen LogP contribution in [-0.4, -0.2) is 39.4 Å². The van der Waals surface area contributed by atoms with Crippen LogP contribution in [0.25, 0.3) is 23.0 Å². The molecule has 5 rings (SSSR count). The average Bonchev–Trinajstić information content (AvgIpc) is 3.45. The molecule has 0 radical (unpaired) electrons. The molecule has 2 aromatic heterocycles. The molecule has 1 atom stereocenters. The van der Waals surface area contributed by atoms with E-state index in [0.717, 1.165) is 22.6 Å². The molecule has 0 amide bonds. The Morgan fingerprint density at radius 2 is 1.87 bits per heavy atom. The quantitative estimate of drug-likeness (QED) is 0.499. The van der Waals surface area contributed by atoms with Crippen molar-refractivity contribution in [3.63, 3.8) is 0 Å². The summed E-state index contributed by atoms with van der Waals surface area (Å²) >= 11 is 0. The minimum atomic E-state index is -0.121. The highest BCUT2D eigenvalue weighted by atomic mass is 16.5. The van der Waals surface area contributed by atoms with E-state index in [1.165, 1.54) is 0 Å². The Kier molecular flexibility index (Phi) is 4.64. The van der Waals surface area contributed by atoms with Crippen molar-refractivity contribution in [1.29, 1.82) is 0 Å². The first-order valence-electron chi connectivity index (χ1n) is 9.42. The molecule has 152 valence electrons. The van der Waals surface area contributed by atoms with Gasteiger partial charge in [-0.1, -0.05) is 34.6 Å². The molecule has 9 heteroatoms. The van der Waals surface area contributed by atoms with Gasteiger partial charge in [0.2, 0.25) is 5.82 Å². The van der Waals surface area contributed by atoms with Crippen molar-refractivity contribution in [1.82, 2.24) is 25.1 Å². The van der Waals surface area contributed by atoms with Crippen molar-refractivity contribution >= 4 is 0 Å². The van der Waals surface area contributed by atoms with Gasteiger partial charge < -0.3 is 18.7 Å². The van der Waals surface area contributed by atoms with Crippen LogP contribution < -0.4 is 9.47 Å². The fourth-order valence-electron chi connectivity index (χ4n) is 3.46. The molecule has 0 bridgehead atoms. The van der Waals surface area contributed by atoms with E-state index < -0.39 is 0 Å². The number of benzene rings is 2. The second-order valence-corrected chi connectivity index (χ2v) is 6.76. The summed E-state index contributed by atoms with van der Waals surface area (Å²) in [5.74, 6) is 2.20. The van der Waals surface area contributed by atoms with E-state index in [1.807, 2.05) is 53.2 Å². The molecule has 1 aliphatic heterocycles. The van der Waals surface area contributed by atoms with Crippen LogP contribution in [0.5, 0.6) is 11.5 Å². The third kappa shape index (κ3) is 3.18. The molecular weight excluding hydrogens is 386 g/mol. The van der Waals surface area contributed by atoms with E-state index in [4.69, 9.17) is 18.7 Å². The Morgan fingerprint density at radius 1 is 1.03 bits per heavy atom. The minimum absolute atomic E-state index is 0.121. The summed E-state index contributed by atoms with van der Waals surface area (Å²) in [6.07, 6.45) is -0.121. The van der Waals surface area contributed by atoms with E-state index in [-0.39, 0.29) is 6.10 Å².